The molecule has 0 saturated carbocycles. The SMILES string of the molecule is COc1ccc(NC(=O)c2coc(=O)c3ccccc23)cc1Cl. The molecule has 6 heteroatoms. The first-order valence-electron chi connectivity index (χ1n) is 6.75. The predicted molar refractivity (Wildman–Crippen MR) is 88.4 cm³/mol. The topological polar surface area (TPSA) is 68.5 Å². The van der Waals surface area contributed by atoms with Gasteiger partial charge in [-0.3, -0.25) is 4.79 Å². The summed E-state index contributed by atoms with van der Waals surface area (Å²) in [5.41, 5.74) is 0.299. The van der Waals surface area contributed by atoms with Crippen LogP contribution < -0.4 is 15.7 Å². The number of ether oxygens (including phenoxy) is 1. The van der Waals surface area contributed by atoms with Gasteiger partial charge < -0.3 is 14.5 Å². The largest absolute Gasteiger partial charge is 0.495 e. The van der Waals surface area contributed by atoms with Crippen molar-refractivity contribution >= 4 is 34.0 Å². The van der Waals surface area contributed by atoms with Crippen LogP contribution in [0.5, 0.6) is 5.75 Å². The highest BCUT2D eigenvalue weighted by molar-refractivity contribution is 6.32. The molecule has 5 nitrogen and oxygen atoms in total. The van der Waals surface area contributed by atoms with Crippen LogP contribution in [0.2, 0.25) is 5.02 Å². The first kappa shape index (κ1) is 15.1. The van der Waals surface area contributed by atoms with Gasteiger partial charge in [-0.15, -0.1) is 0 Å². The number of benzene rings is 2. The van der Waals surface area contributed by atoms with E-state index in [1.165, 1.54) is 7.11 Å². The van der Waals surface area contributed by atoms with Crippen LogP contribution >= 0.6 is 11.6 Å². The average molecular weight is 330 g/mol. The van der Waals surface area contributed by atoms with E-state index < -0.39 is 11.5 Å². The van der Waals surface area contributed by atoms with Crippen LogP contribution in [0.4, 0.5) is 5.69 Å². The molecule has 0 radical (unpaired) electrons. The van der Waals surface area contributed by atoms with E-state index in [-0.39, 0.29) is 5.56 Å². The fourth-order valence-electron chi connectivity index (χ4n) is 2.25. The Morgan fingerprint density at radius 1 is 1.17 bits per heavy atom. The maximum atomic E-state index is 12.5. The van der Waals surface area contributed by atoms with Gasteiger partial charge in [-0.2, -0.15) is 0 Å². The molecule has 23 heavy (non-hydrogen) atoms. The summed E-state index contributed by atoms with van der Waals surface area (Å²) in [6.07, 6.45) is 1.16. The quantitative estimate of drug-likeness (QED) is 0.795. The van der Waals surface area contributed by atoms with Gasteiger partial charge in [0.2, 0.25) is 0 Å². The van der Waals surface area contributed by atoms with Gasteiger partial charge in [-0.25, -0.2) is 4.79 Å². The maximum Gasteiger partial charge on any atom is 0.343 e. The highest BCUT2D eigenvalue weighted by atomic mass is 35.5. The monoisotopic (exact) mass is 329 g/mol. The fraction of sp³-hybridized carbons (Fsp3) is 0.0588. The van der Waals surface area contributed by atoms with E-state index >= 15 is 0 Å². The lowest BCUT2D eigenvalue weighted by molar-refractivity contribution is 0.102. The highest BCUT2D eigenvalue weighted by Crippen LogP contribution is 2.27. The van der Waals surface area contributed by atoms with Gasteiger partial charge in [0.15, 0.2) is 0 Å². The van der Waals surface area contributed by atoms with Crippen LogP contribution in [0.25, 0.3) is 10.8 Å². The smallest absolute Gasteiger partial charge is 0.343 e. The summed E-state index contributed by atoms with van der Waals surface area (Å²) in [7, 11) is 1.51. The summed E-state index contributed by atoms with van der Waals surface area (Å²) >= 11 is 6.04. The minimum atomic E-state index is -0.482. The molecule has 0 atom stereocenters. The van der Waals surface area contributed by atoms with Crippen molar-refractivity contribution in [2.75, 3.05) is 12.4 Å². The second-order valence-corrected chi connectivity index (χ2v) is 5.19. The second-order valence-electron chi connectivity index (χ2n) is 4.79. The van der Waals surface area contributed by atoms with Gasteiger partial charge in [0, 0.05) is 11.1 Å². The Morgan fingerprint density at radius 2 is 1.91 bits per heavy atom. The van der Waals surface area contributed by atoms with E-state index in [9.17, 15) is 9.59 Å². The molecule has 0 saturated heterocycles. The Labute approximate surface area is 136 Å². The molecule has 0 aliphatic rings. The average Bonchev–Trinajstić information content (AvgIpc) is 2.55. The molecule has 116 valence electrons. The Morgan fingerprint density at radius 3 is 2.61 bits per heavy atom. The van der Waals surface area contributed by atoms with Crippen molar-refractivity contribution in [3.8, 4) is 5.75 Å². The van der Waals surface area contributed by atoms with Gasteiger partial charge >= 0.3 is 5.63 Å². The Hall–Kier alpha value is -2.79. The number of methoxy groups -OCH3 is 1. The van der Waals surface area contributed by atoms with Gasteiger partial charge in [-0.05, 0) is 24.3 Å². The predicted octanol–water partition coefficient (Wildman–Crippen LogP) is 3.71. The maximum absolute atomic E-state index is 12.5. The molecule has 1 aromatic heterocycles. The fourth-order valence-corrected chi connectivity index (χ4v) is 2.51. The summed E-state index contributed by atoms with van der Waals surface area (Å²) in [5.74, 6) is 0.118. The van der Waals surface area contributed by atoms with Crippen molar-refractivity contribution in [3.63, 3.8) is 0 Å². The number of nitrogens with one attached hydrogen (secondary N) is 1. The number of halogens is 1. The molecular formula is C17H12ClNO4. The van der Waals surface area contributed by atoms with E-state index in [4.69, 9.17) is 20.8 Å². The Bertz CT molecular complexity index is 949. The number of carbonyl (C=O) groups excluding carboxylic acids is 1. The van der Waals surface area contributed by atoms with E-state index in [0.29, 0.717) is 27.2 Å². The van der Waals surface area contributed by atoms with E-state index in [1.807, 2.05) is 0 Å². The molecule has 2 aromatic carbocycles. The first-order valence-corrected chi connectivity index (χ1v) is 7.13. The lowest BCUT2D eigenvalue weighted by Crippen LogP contribution is -2.14. The van der Waals surface area contributed by atoms with Crippen LogP contribution in [0, 0.1) is 0 Å². The number of amides is 1. The molecule has 1 amide bonds. The number of hydrogen-bond donors (Lipinski definition) is 1. The van der Waals surface area contributed by atoms with Gasteiger partial charge in [-0.1, -0.05) is 29.8 Å². The second kappa shape index (κ2) is 6.14. The number of anilines is 1. The van der Waals surface area contributed by atoms with Crippen LogP contribution in [0.15, 0.2) is 57.9 Å². The molecule has 0 fully saturated rings. The van der Waals surface area contributed by atoms with Gasteiger partial charge in [0.25, 0.3) is 5.91 Å². The third-order valence-electron chi connectivity index (χ3n) is 3.38. The first-order chi connectivity index (χ1) is 11.1. The minimum Gasteiger partial charge on any atom is -0.495 e. The molecule has 3 aromatic rings. The normalized spacial score (nSPS) is 10.5. The standard InChI is InChI=1S/C17H12ClNO4/c1-22-15-7-6-10(8-14(15)18)19-16(20)13-9-23-17(21)12-5-3-2-4-11(12)13/h2-9H,1H3,(H,19,20). The van der Waals surface area contributed by atoms with Crippen molar-refractivity contribution in [3.05, 3.63) is 69.7 Å². The molecule has 0 bridgehead atoms. The minimum absolute atomic E-state index is 0.271. The summed E-state index contributed by atoms with van der Waals surface area (Å²) in [5, 5.41) is 3.99. The molecule has 0 aliphatic heterocycles. The van der Waals surface area contributed by atoms with Crippen LogP contribution in [-0.2, 0) is 0 Å². The highest BCUT2D eigenvalue weighted by Gasteiger charge is 2.14. The molecule has 1 heterocycles. The molecule has 3 rings (SSSR count). The molecule has 0 aliphatic carbocycles. The third-order valence-corrected chi connectivity index (χ3v) is 3.67. The number of fused-ring (bicyclic) bond motifs is 1. The van der Waals surface area contributed by atoms with Crippen molar-refractivity contribution in [2.24, 2.45) is 0 Å². The third kappa shape index (κ3) is 2.91. The van der Waals surface area contributed by atoms with Gasteiger partial charge in [0.1, 0.15) is 12.0 Å². The summed E-state index contributed by atoms with van der Waals surface area (Å²) in [6, 6.07) is 11.7. The zero-order valence-corrected chi connectivity index (χ0v) is 12.9. The van der Waals surface area contributed by atoms with Crippen molar-refractivity contribution in [2.45, 2.75) is 0 Å². The van der Waals surface area contributed by atoms with Crippen molar-refractivity contribution in [1.29, 1.82) is 0 Å². The van der Waals surface area contributed by atoms with Gasteiger partial charge in [0.05, 0.1) is 23.1 Å². The molecule has 0 spiro atoms. The van der Waals surface area contributed by atoms with E-state index in [1.54, 1.807) is 42.5 Å². The summed E-state index contributed by atoms with van der Waals surface area (Å²) < 4.78 is 9.99. The lowest BCUT2D eigenvalue weighted by atomic mass is 10.1. The van der Waals surface area contributed by atoms with E-state index in [0.717, 1.165) is 6.26 Å². The number of carbonyl (C=O) groups is 1. The Kier molecular flexibility index (Phi) is 4.04. The van der Waals surface area contributed by atoms with E-state index in [2.05, 4.69) is 5.32 Å². The van der Waals surface area contributed by atoms with Crippen molar-refractivity contribution < 1.29 is 13.9 Å². The molecule has 1 N–H and O–H groups in total. The van der Waals surface area contributed by atoms with Crippen LogP contribution in [0.3, 0.4) is 0 Å². The van der Waals surface area contributed by atoms with Crippen LogP contribution in [-0.4, -0.2) is 13.0 Å². The Balaban J connectivity index is 1.97. The van der Waals surface area contributed by atoms with Crippen LogP contribution in [0.1, 0.15) is 10.4 Å². The molecular weight excluding hydrogens is 318 g/mol. The molecule has 0 unspecified atom stereocenters. The zero-order valence-electron chi connectivity index (χ0n) is 12.1. The lowest BCUT2D eigenvalue weighted by Gasteiger charge is -2.09. The number of rotatable bonds is 3. The zero-order chi connectivity index (χ0) is 16.4. The summed E-state index contributed by atoms with van der Waals surface area (Å²) in [4.78, 5) is 24.2. The van der Waals surface area contributed by atoms with Crippen molar-refractivity contribution in [1.82, 2.24) is 0 Å². The number of hydrogen-bond acceptors (Lipinski definition) is 4. The summed E-state index contributed by atoms with van der Waals surface area (Å²) in [6.45, 7) is 0.